The molecular weight excluding hydrogens is 214 g/mol. The van der Waals surface area contributed by atoms with E-state index in [1.807, 2.05) is 0 Å². The fourth-order valence-electron chi connectivity index (χ4n) is 2.57. The zero-order chi connectivity index (χ0) is 11.9. The van der Waals surface area contributed by atoms with Gasteiger partial charge in [0, 0.05) is 19.5 Å². The Morgan fingerprint density at radius 1 is 1.35 bits per heavy atom. The van der Waals surface area contributed by atoms with Crippen molar-refractivity contribution in [2.24, 2.45) is 0 Å². The highest BCUT2D eigenvalue weighted by molar-refractivity contribution is 5.40. The Labute approximate surface area is 102 Å². The summed E-state index contributed by atoms with van der Waals surface area (Å²) in [6, 6.07) is 6.43. The van der Waals surface area contributed by atoms with Crippen LogP contribution in [0.25, 0.3) is 0 Å². The first-order chi connectivity index (χ1) is 8.14. The third-order valence-electron chi connectivity index (χ3n) is 3.43. The summed E-state index contributed by atoms with van der Waals surface area (Å²) in [4.78, 5) is 0. The molecule has 1 saturated heterocycles. The van der Waals surface area contributed by atoms with Gasteiger partial charge in [-0.25, -0.2) is 0 Å². The van der Waals surface area contributed by atoms with Crippen LogP contribution < -0.4 is 10.1 Å². The van der Waals surface area contributed by atoms with Crippen LogP contribution in [-0.2, 0) is 11.2 Å². The maximum atomic E-state index is 6.12. The SMILES string of the molecule is CC1(C)CNCC(c2ccc3c(c2)CCO3)O1. The van der Waals surface area contributed by atoms with E-state index < -0.39 is 0 Å². The monoisotopic (exact) mass is 233 g/mol. The molecule has 2 heterocycles. The molecule has 1 atom stereocenters. The van der Waals surface area contributed by atoms with Crippen LogP contribution in [0.1, 0.15) is 31.1 Å². The second-order valence-electron chi connectivity index (χ2n) is 5.46. The molecule has 0 radical (unpaired) electrons. The van der Waals surface area contributed by atoms with Gasteiger partial charge in [0.2, 0.25) is 0 Å². The molecule has 1 unspecified atom stereocenters. The molecule has 3 nitrogen and oxygen atoms in total. The van der Waals surface area contributed by atoms with Crippen molar-refractivity contribution in [1.29, 1.82) is 0 Å². The Morgan fingerprint density at radius 3 is 3.06 bits per heavy atom. The highest BCUT2D eigenvalue weighted by atomic mass is 16.5. The molecule has 0 amide bonds. The second kappa shape index (κ2) is 4.00. The van der Waals surface area contributed by atoms with Crippen LogP contribution in [-0.4, -0.2) is 25.3 Å². The van der Waals surface area contributed by atoms with Crippen molar-refractivity contribution in [3.05, 3.63) is 29.3 Å². The quantitative estimate of drug-likeness (QED) is 0.805. The van der Waals surface area contributed by atoms with E-state index in [0.717, 1.165) is 31.9 Å². The fraction of sp³-hybridized carbons (Fsp3) is 0.571. The van der Waals surface area contributed by atoms with Crippen molar-refractivity contribution in [3.63, 3.8) is 0 Å². The average Bonchev–Trinajstić information content (AvgIpc) is 2.74. The van der Waals surface area contributed by atoms with Crippen molar-refractivity contribution in [1.82, 2.24) is 5.32 Å². The molecule has 17 heavy (non-hydrogen) atoms. The molecule has 3 heteroatoms. The van der Waals surface area contributed by atoms with E-state index in [1.165, 1.54) is 11.1 Å². The van der Waals surface area contributed by atoms with Crippen LogP contribution in [0.5, 0.6) is 5.75 Å². The Balaban J connectivity index is 1.84. The number of hydrogen-bond acceptors (Lipinski definition) is 3. The second-order valence-corrected chi connectivity index (χ2v) is 5.46. The molecule has 3 rings (SSSR count). The third kappa shape index (κ3) is 2.17. The van der Waals surface area contributed by atoms with Gasteiger partial charge >= 0.3 is 0 Å². The Bertz CT molecular complexity index is 428. The van der Waals surface area contributed by atoms with Gasteiger partial charge < -0.3 is 14.8 Å². The van der Waals surface area contributed by atoms with E-state index in [4.69, 9.17) is 9.47 Å². The van der Waals surface area contributed by atoms with E-state index in [0.29, 0.717) is 0 Å². The van der Waals surface area contributed by atoms with Gasteiger partial charge in [-0.1, -0.05) is 6.07 Å². The van der Waals surface area contributed by atoms with Crippen LogP contribution in [0.3, 0.4) is 0 Å². The highest BCUT2D eigenvalue weighted by Crippen LogP contribution is 2.32. The molecule has 0 saturated carbocycles. The predicted octanol–water partition coefficient (Wildman–Crippen LogP) is 2.06. The van der Waals surface area contributed by atoms with Crippen LogP contribution in [0.4, 0.5) is 0 Å². The maximum absolute atomic E-state index is 6.12. The first kappa shape index (κ1) is 11.1. The van der Waals surface area contributed by atoms with Gasteiger partial charge in [-0.05, 0) is 37.1 Å². The summed E-state index contributed by atoms with van der Waals surface area (Å²) < 4.78 is 11.6. The Hall–Kier alpha value is -1.06. The maximum Gasteiger partial charge on any atom is 0.122 e. The number of benzene rings is 1. The summed E-state index contributed by atoms with van der Waals surface area (Å²) in [5.41, 5.74) is 2.49. The minimum atomic E-state index is -0.0849. The molecule has 0 bridgehead atoms. The Kier molecular flexibility index (Phi) is 2.60. The number of hydrogen-bond donors (Lipinski definition) is 1. The van der Waals surface area contributed by atoms with Gasteiger partial charge in [0.05, 0.1) is 18.3 Å². The van der Waals surface area contributed by atoms with E-state index in [9.17, 15) is 0 Å². The van der Waals surface area contributed by atoms with Crippen molar-refractivity contribution in [2.45, 2.75) is 32.0 Å². The normalized spacial score (nSPS) is 26.4. The first-order valence-corrected chi connectivity index (χ1v) is 6.28. The van der Waals surface area contributed by atoms with Gasteiger partial charge in [0.15, 0.2) is 0 Å². The lowest BCUT2D eigenvalue weighted by Gasteiger charge is -2.37. The molecule has 1 fully saturated rings. The molecule has 1 aromatic rings. The molecule has 1 N–H and O–H groups in total. The number of rotatable bonds is 1. The fourth-order valence-corrected chi connectivity index (χ4v) is 2.57. The van der Waals surface area contributed by atoms with Gasteiger partial charge in [0.1, 0.15) is 5.75 Å². The molecule has 0 spiro atoms. The molecule has 0 aromatic heterocycles. The van der Waals surface area contributed by atoms with E-state index >= 15 is 0 Å². The summed E-state index contributed by atoms with van der Waals surface area (Å²) in [5, 5.41) is 3.44. The van der Waals surface area contributed by atoms with Crippen molar-refractivity contribution < 1.29 is 9.47 Å². The largest absolute Gasteiger partial charge is 0.493 e. The van der Waals surface area contributed by atoms with Gasteiger partial charge in [-0.3, -0.25) is 0 Å². The molecule has 92 valence electrons. The van der Waals surface area contributed by atoms with Crippen molar-refractivity contribution >= 4 is 0 Å². The summed E-state index contributed by atoms with van der Waals surface area (Å²) in [6.45, 7) is 6.87. The summed E-state index contributed by atoms with van der Waals surface area (Å²) in [6.07, 6.45) is 1.18. The number of morpholine rings is 1. The summed E-state index contributed by atoms with van der Waals surface area (Å²) >= 11 is 0. The minimum Gasteiger partial charge on any atom is -0.493 e. The summed E-state index contributed by atoms with van der Waals surface area (Å²) in [7, 11) is 0. The molecule has 2 aliphatic rings. The lowest BCUT2D eigenvalue weighted by molar-refractivity contribution is -0.0958. The van der Waals surface area contributed by atoms with E-state index in [2.05, 4.69) is 37.4 Å². The van der Waals surface area contributed by atoms with Crippen LogP contribution >= 0.6 is 0 Å². The number of fused-ring (bicyclic) bond motifs is 1. The molecule has 0 aliphatic carbocycles. The smallest absolute Gasteiger partial charge is 0.122 e. The minimum absolute atomic E-state index is 0.0849. The van der Waals surface area contributed by atoms with Gasteiger partial charge in [-0.2, -0.15) is 0 Å². The highest BCUT2D eigenvalue weighted by Gasteiger charge is 2.29. The summed E-state index contributed by atoms with van der Waals surface area (Å²) in [5.74, 6) is 1.04. The zero-order valence-electron chi connectivity index (χ0n) is 10.5. The third-order valence-corrected chi connectivity index (χ3v) is 3.43. The Morgan fingerprint density at radius 2 is 2.24 bits per heavy atom. The number of ether oxygens (including phenoxy) is 2. The lowest BCUT2D eigenvalue weighted by Crippen LogP contribution is -2.46. The van der Waals surface area contributed by atoms with Gasteiger partial charge in [-0.15, -0.1) is 0 Å². The van der Waals surface area contributed by atoms with E-state index in [1.54, 1.807) is 0 Å². The molecular formula is C14H19NO2. The van der Waals surface area contributed by atoms with Crippen molar-refractivity contribution in [3.8, 4) is 5.75 Å². The molecule has 2 aliphatic heterocycles. The molecule has 1 aromatic carbocycles. The first-order valence-electron chi connectivity index (χ1n) is 6.28. The zero-order valence-corrected chi connectivity index (χ0v) is 10.5. The van der Waals surface area contributed by atoms with Crippen molar-refractivity contribution in [2.75, 3.05) is 19.7 Å². The predicted molar refractivity (Wildman–Crippen MR) is 66.4 cm³/mol. The van der Waals surface area contributed by atoms with Gasteiger partial charge in [0.25, 0.3) is 0 Å². The van der Waals surface area contributed by atoms with Crippen LogP contribution in [0.15, 0.2) is 18.2 Å². The topological polar surface area (TPSA) is 30.5 Å². The lowest BCUT2D eigenvalue weighted by atomic mass is 10.0. The van der Waals surface area contributed by atoms with Crippen LogP contribution in [0.2, 0.25) is 0 Å². The average molecular weight is 233 g/mol. The standard InChI is InChI=1S/C14H19NO2/c1-14(2)9-15-8-13(17-14)10-3-4-12-11(7-10)5-6-16-12/h3-4,7,13,15H,5-6,8-9H2,1-2H3. The number of nitrogens with one attached hydrogen (secondary N) is 1. The van der Waals surface area contributed by atoms with Crippen LogP contribution in [0, 0.1) is 0 Å². The van der Waals surface area contributed by atoms with E-state index in [-0.39, 0.29) is 11.7 Å².